The van der Waals surface area contributed by atoms with E-state index in [9.17, 15) is 8.42 Å². The second-order valence-electron chi connectivity index (χ2n) is 6.20. The van der Waals surface area contributed by atoms with Crippen LogP contribution in [0.25, 0.3) is 0 Å². The van der Waals surface area contributed by atoms with Gasteiger partial charge in [0.2, 0.25) is 10.0 Å². The Bertz CT molecular complexity index is 528. The van der Waals surface area contributed by atoms with E-state index in [1.807, 2.05) is 27.7 Å². The average molecular weight is 319 g/mol. The second kappa shape index (κ2) is 7.02. The van der Waals surface area contributed by atoms with Gasteiger partial charge >= 0.3 is 0 Å². The van der Waals surface area contributed by atoms with E-state index in [0.717, 1.165) is 29.3 Å². The van der Waals surface area contributed by atoms with Gasteiger partial charge in [-0.3, -0.25) is 0 Å². The van der Waals surface area contributed by atoms with Gasteiger partial charge in [-0.2, -0.15) is 0 Å². The monoisotopic (exact) mass is 318 g/mol. The maximum absolute atomic E-state index is 12.3. The van der Waals surface area contributed by atoms with Crippen molar-refractivity contribution in [3.05, 3.63) is 15.8 Å². The smallest absolute Gasteiger partial charge is 0.241 e. The average Bonchev–Trinajstić information content (AvgIpc) is 2.69. The lowest BCUT2D eigenvalue weighted by Gasteiger charge is -2.18. The molecule has 1 heterocycles. The normalized spacial score (nSPS) is 12.8. The van der Waals surface area contributed by atoms with Gasteiger partial charge in [0, 0.05) is 22.8 Å². The van der Waals surface area contributed by atoms with E-state index >= 15 is 0 Å². The van der Waals surface area contributed by atoms with Gasteiger partial charge in [0.15, 0.2) is 0 Å². The van der Waals surface area contributed by atoms with E-state index in [2.05, 4.69) is 17.0 Å². The molecule has 0 spiro atoms. The van der Waals surface area contributed by atoms with Crippen LogP contribution in [0.5, 0.6) is 0 Å². The van der Waals surface area contributed by atoms with Crippen LogP contribution in [0.3, 0.4) is 0 Å². The minimum absolute atomic E-state index is 0.0670. The van der Waals surface area contributed by atoms with Crippen molar-refractivity contribution in [1.82, 2.24) is 10.0 Å². The SMILES string of the molecule is CCCNCc1cc(S(=O)(=O)NCC(C)(C)C)c(C)s1. The number of rotatable bonds is 7. The van der Waals surface area contributed by atoms with Gasteiger partial charge in [-0.25, -0.2) is 13.1 Å². The first-order valence-corrected chi connectivity index (χ1v) is 9.25. The predicted molar refractivity (Wildman–Crippen MR) is 85.7 cm³/mol. The van der Waals surface area contributed by atoms with E-state index in [1.54, 1.807) is 17.4 Å². The first kappa shape index (κ1) is 17.6. The zero-order valence-corrected chi connectivity index (χ0v) is 14.7. The molecule has 0 bridgehead atoms. The van der Waals surface area contributed by atoms with Crippen molar-refractivity contribution in [2.45, 2.75) is 52.5 Å². The third-order valence-electron chi connectivity index (χ3n) is 2.73. The molecule has 0 aliphatic heterocycles. The number of hydrogen-bond acceptors (Lipinski definition) is 4. The molecular weight excluding hydrogens is 292 g/mol. The molecule has 6 heteroatoms. The Kier molecular flexibility index (Phi) is 6.19. The molecule has 0 amide bonds. The minimum Gasteiger partial charge on any atom is -0.312 e. The highest BCUT2D eigenvalue weighted by Gasteiger charge is 2.22. The summed E-state index contributed by atoms with van der Waals surface area (Å²) in [5, 5.41) is 3.29. The van der Waals surface area contributed by atoms with Crippen molar-refractivity contribution in [1.29, 1.82) is 0 Å². The van der Waals surface area contributed by atoms with Gasteiger partial charge in [-0.05, 0) is 31.4 Å². The van der Waals surface area contributed by atoms with Crippen LogP contribution in [0, 0.1) is 12.3 Å². The molecule has 0 fully saturated rings. The Morgan fingerprint density at radius 2 is 1.95 bits per heavy atom. The van der Waals surface area contributed by atoms with E-state index < -0.39 is 10.0 Å². The van der Waals surface area contributed by atoms with E-state index in [4.69, 9.17) is 0 Å². The molecule has 4 nitrogen and oxygen atoms in total. The molecule has 2 N–H and O–H groups in total. The molecule has 1 rings (SSSR count). The lowest BCUT2D eigenvalue weighted by atomic mass is 9.98. The van der Waals surface area contributed by atoms with E-state index in [1.165, 1.54) is 0 Å². The van der Waals surface area contributed by atoms with Crippen molar-refractivity contribution in [2.24, 2.45) is 5.41 Å². The first-order valence-electron chi connectivity index (χ1n) is 6.95. The number of aryl methyl sites for hydroxylation is 1. The molecule has 1 aromatic heterocycles. The first-order chi connectivity index (χ1) is 9.15. The molecule has 0 aromatic carbocycles. The van der Waals surface area contributed by atoms with E-state index in [-0.39, 0.29) is 5.41 Å². The van der Waals surface area contributed by atoms with Gasteiger partial charge in [0.05, 0.1) is 4.90 Å². The zero-order chi connectivity index (χ0) is 15.4. The Morgan fingerprint density at radius 1 is 1.30 bits per heavy atom. The van der Waals surface area contributed by atoms with Gasteiger partial charge in [-0.1, -0.05) is 27.7 Å². The Morgan fingerprint density at radius 3 is 2.50 bits per heavy atom. The molecule has 0 atom stereocenters. The van der Waals surface area contributed by atoms with E-state index in [0.29, 0.717) is 11.4 Å². The van der Waals surface area contributed by atoms with Crippen molar-refractivity contribution in [3.8, 4) is 0 Å². The van der Waals surface area contributed by atoms with Gasteiger partial charge in [0.1, 0.15) is 0 Å². The molecule has 0 aliphatic rings. The fraction of sp³-hybridized carbons (Fsp3) is 0.714. The summed E-state index contributed by atoms with van der Waals surface area (Å²) >= 11 is 1.54. The van der Waals surface area contributed by atoms with Gasteiger partial charge in [0.25, 0.3) is 0 Å². The lowest BCUT2D eigenvalue weighted by Crippen LogP contribution is -2.32. The molecule has 0 radical (unpaired) electrons. The third-order valence-corrected chi connectivity index (χ3v) is 5.44. The third kappa shape index (κ3) is 5.52. The van der Waals surface area contributed by atoms with Gasteiger partial charge < -0.3 is 5.32 Å². The second-order valence-corrected chi connectivity index (χ2v) is 9.27. The van der Waals surface area contributed by atoms with Crippen molar-refractivity contribution in [3.63, 3.8) is 0 Å². The fourth-order valence-electron chi connectivity index (χ4n) is 1.66. The summed E-state index contributed by atoms with van der Waals surface area (Å²) in [7, 11) is -3.40. The van der Waals surface area contributed by atoms with Crippen LogP contribution >= 0.6 is 11.3 Å². The quantitative estimate of drug-likeness (QED) is 0.760. The Labute approximate surface area is 127 Å². The van der Waals surface area contributed by atoms with Crippen LogP contribution in [0.1, 0.15) is 43.9 Å². The number of hydrogen-bond donors (Lipinski definition) is 2. The standard InChI is InChI=1S/C14H26N2O2S2/c1-6-7-15-9-12-8-13(11(2)19-12)20(17,18)16-10-14(3,4)5/h8,15-16H,6-7,9-10H2,1-5H3. The summed E-state index contributed by atoms with van der Waals surface area (Å²) < 4.78 is 27.3. The Hall–Kier alpha value is -0.430. The highest BCUT2D eigenvalue weighted by Crippen LogP contribution is 2.26. The molecule has 116 valence electrons. The maximum Gasteiger partial charge on any atom is 0.241 e. The van der Waals surface area contributed by atoms with Crippen molar-refractivity contribution >= 4 is 21.4 Å². The summed E-state index contributed by atoms with van der Waals surface area (Å²) in [6.45, 7) is 12.1. The molecule has 0 aliphatic carbocycles. The molecule has 1 aromatic rings. The maximum atomic E-state index is 12.3. The highest BCUT2D eigenvalue weighted by molar-refractivity contribution is 7.89. The molecule has 0 saturated heterocycles. The van der Waals surface area contributed by atoms with Crippen LogP contribution in [0.4, 0.5) is 0 Å². The van der Waals surface area contributed by atoms with Crippen LogP contribution in [-0.4, -0.2) is 21.5 Å². The number of thiophene rings is 1. The molecular formula is C14H26N2O2S2. The largest absolute Gasteiger partial charge is 0.312 e. The van der Waals surface area contributed by atoms with Crippen LogP contribution < -0.4 is 10.0 Å². The summed E-state index contributed by atoms with van der Waals surface area (Å²) in [5.74, 6) is 0. The van der Waals surface area contributed by atoms with Crippen molar-refractivity contribution in [2.75, 3.05) is 13.1 Å². The molecule has 0 saturated carbocycles. The highest BCUT2D eigenvalue weighted by atomic mass is 32.2. The summed E-state index contributed by atoms with van der Waals surface area (Å²) in [6, 6.07) is 1.79. The van der Waals surface area contributed by atoms with Crippen LogP contribution in [-0.2, 0) is 16.6 Å². The fourth-order valence-corrected chi connectivity index (χ4v) is 4.54. The summed E-state index contributed by atoms with van der Waals surface area (Å²) in [4.78, 5) is 2.33. The number of nitrogens with one attached hydrogen (secondary N) is 2. The number of sulfonamides is 1. The van der Waals surface area contributed by atoms with Crippen LogP contribution in [0.2, 0.25) is 0 Å². The molecule has 20 heavy (non-hydrogen) atoms. The van der Waals surface area contributed by atoms with Crippen molar-refractivity contribution < 1.29 is 8.42 Å². The summed E-state index contributed by atoms with van der Waals surface area (Å²) in [5.41, 5.74) is -0.0670. The lowest BCUT2D eigenvalue weighted by molar-refractivity contribution is 0.407. The topological polar surface area (TPSA) is 58.2 Å². The zero-order valence-electron chi connectivity index (χ0n) is 13.0. The van der Waals surface area contributed by atoms with Gasteiger partial charge in [-0.15, -0.1) is 11.3 Å². The summed E-state index contributed by atoms with van der Waals surface area (Å²) in [6.07, 6.45) is 1.07. The molecule has 0 unspecified atom stereocenters. The minimum atomic E-state index is -3.40. The van der Waals surface area contributed by atoms with Crippen LogP contribution in [0.15, 0.2) is 11.0 Å². The Balaban J connectivity index is 2.79. The predicted octanol–water partition coefficient (Wildman–Crippen LogP) is 2.88.